The van der Waals surface area contributed by atoms with E-state index in [-0.39, 0.29) is 6.61 Å². The highest BCUT2D eigenvalue weighted by Gasteiger charge is 2.60. The van der Waals surface area contributed by atoms with Crippen LogP contribution in [0.3, 0.4) is 0 Å². The summed E-state index contributed by atoms with van der Waals surface area (Å²) in [6.07, 6.45) is -21.2. The van der Waals surface area contributed by atoms with E-state index in [2.05, 4.69) is 10.6 Å². The van der Waals surface area contributed by atoms with Crippen LogP contribution in [0.4, 0.5) is 0 Å². The fourth-order valence-electron chi connectivity index (χ4n) is 6.42. The third-order valence-electron chi connectivity index (χ3n) is 9.13. The van der Waals surface area contributed by atoms with Gasteiger partial charge in [-0.1, -0.05) is 26.2 Å². The molecule has 2 amide bonds. The first-order chi connectivity index (χ1) is 24.5. The smallest absolute Gasteiger partial charge is 0.364 e. The van der Waals surface area contributed by atoms with E-state index in [1.807, 2.05) is 6.92 Å². The Kier molecular flexibility index (Phi) is 16.9. The lowest BCUT2D eigenvalue weighted by Crippen LogP contribution is -2.71. The second-order valence-electron chi connectivity index (χ2n) is 13.1. The van der Waals surface area contributed by atoms with Gasteiger partial charge in [0.25, 0.3) is 5.79 Å². The van der Waals surface area contributed by atoms with Gasteiger partial charge in [0, 0.05) is 26.9 Å². The first-order valence-electron chi connectivity index (χ1n) is 17.2. The Labute approximate surface area is 299 Å². The Morgan fingerprint density at radius 2 is 1.44 bits per heavy atom. The number of hydrogen-bond donors (Lipinski definition) is 12. The predicted octanol–water partition coefficient (Wildman–Crippen LogP) is -5.47. The molecule has 3 rings (SSSR count). The average molecular weight is 759 g/mol. The quantitative estimate of drug-likeness (QED) is 0.0580. The summed E-state index contributed by atoms with van der Waals surface area (Å²) in [6.45, 7) is 1.68. The summed E-state index contributed by atoms with van der Waals surface area (Å²) in [7, 11) is 0. The lowest BCUT2D eigenvalue weighted by molar-refractivity contribution is -0.382. The van der Waals surface area contributed by atoms with E-state index in [1.54, 1.807) is 0 Å². The van der Waals surface area contributed by atoms with Crippen LogP contribution in [0.2, 0.25) is 0 Å². The number of aliphatic hydroxyl groups excluding tert-OH is 9. The minimum Gasteiger partial charge on any atom is -0.477 e. The number of carbonyl (C=O) groups is 3. The van der Waals surface area contributed by atoms with Gasteiger partial charge in [0.15, 0.2) is 12.6 Å². The standard InChI is InChI=1S/C31H54N2O19/c1-4-5-6-7-8-47-28-20(33-14(3)38)23(43)25(18(12-36)49-28)50-29-24(44)27(22(42)17(11-35)48-29)52-31(30(45)46)9-15(39)19(32-13(2)37)26(51-31)21(41)16(40)10-34/h15-29,34-36,39-44H,4-12H2,1-3H3,(H,32,37)(H,33,38)(H,45,46)/t15-,16+,17+,18+,19+,20+,21+,22-,23+,24+,25+,26+,27-,28+,29-,31-/m0/s1. The Hall–Kier alpha value is -2.19. The number of aliphatic hydroxyl groups is 9. The molecule has 0 aromatic carbocycles. The zero-order valence-corrected chi connectivity index (χ0v) is 29.2. The molecule has 0 radical (unpaired) electrons. The molecule has 3 fully saturated rings. The van der Waals surface area contributed by atoms with Crippen LogP contribution in [0, 0.1) is 0 Å². The van der Waals surface area contributed by atoms with Gasteiger partial charge in [-0.05, 0) is 6.42 Å². The first kappa shape index (κ1) is 44.2. The predicted molar refractivity (Wildman–Crippen MR) is 170 cm³/mol. The largest absolute Gasteiger partial charge is 0.477 e. The zero-order valence-electron chi connectivity index (χ0n) is 29.2. The zero-order chi connectivity index (χ0) is 38.9. The molecule has 0 spiro atoms. The number of carboxylic acid groups (broad SMARTS) is 1. The highest BCUT2D eigenvalue weighted by atomic mass is 16.8. The second-order valence-corrected chi connectivity index (χ2v) is 13.1. The number of rotatable bonds is 18. The van der Waals surface area contributed by atoms with E-state index in [0.29, 0.717) is 6.42 Å². The molecule has 3 saturated heterocycles. The SMILES string of the molecule is CCCCCCO[C@@H]1O[C@H](CO)[C@@H](O[C@@H]2O[C@H](CO)[C@H](O)[C@H](O[C@]3(C(=O)O)C[C@H](O)[C@@H](NC(C)=O)[C@H]([C@H](O)[C@H](O)CO)O3)[C@H]2O)[C@H](O)[C@H]1NC(C)=O. The molecule has 0 aliphatic carbocycles. The third-order valence-corrected chi connectivity index (χ3v) is 9.13. The van der Waals surface area contributed by atoms with Crippen molar-refractivity contribution in [3.05, 3.63) is 0 Å². The van der Waals surface area contributed by atoms with Crippen LogP contribution in [0.25, 0.3) is 0 Å². The molecule has 0 bridgehead atoms. The number of ether oxygens (including phenoxy) is 6. The number of carboxylic acids is 1. The maximum absolute atomic E-state index is 12.8. The molecule has 3 aliphatic heterocycles. The Morgan fingerprint density at radius 1 is 0.827 bits per heavy atom. The highest BCUT2D eigenvalue weighted by Crippen LogP contribution is 2.38. The molecule has 0 saturated carbocycles. The van der Waals surface area contributed by atoms with E-state index in [1.165, 1.54) is 6.92 Å². The van der Waals surface area contributed by atoms with Crippen molar-refractivity contribution in [3.8, 4) is 0 Å². The number of unbranched alkanes of at least 4 members (excludes halogenated alkanes) is 3. The minimum absolute atomic E-state index is 0.196. The number of carbonyl (C=O) groups excluding carboxylic acids is 2. The van der Waals surface area contributed by atoms with Crippen LogP contribution < -0.4 is 10.6 Å². The molecule has 21 nitrogen and oxygen atoms in total. The number of hydrogen-bond acceptors (Lipinski definition) is 18. The summed E-state index contributed by atoms with van der Waals surface area (Å²) < 4.78 is 34.3. The fraction of sp³-hybridized carbons (Fsp3) is 0.903. The normalized spacial score (nSPS) is 39.3. The molecule has 21 heteroatoms. The highest BCUT2D eigenvalue weighted by molar-refractivity contribution is 5.76. The van der Waals surface area contributed by atoms with Gasteiger partial charge in [0.2, 0.25) is 11.8 Å². The third kappa shape index (κ3) is 10.5. The van der Waals surface area contributed by atoms with Crippen LogP contribution in [-0.4, -0.2) is 193 Å². The fourth-order valence-corrected chi connectivity index (χ4v) is 6.42. The van der Waals surface area contributed by atoms with Crippen LogP contribution in [0.5, 0.6) is 0 Å². The van der Waals surface area contributed by atoms with Gasteiger partial charge in [-0.3, -0.25) is 9.59 Å². The summed E-state index contributed by atoms with van der Waals surface area (Å²) in [5.41, 5.74) is 0. The van der Waals surface area contributed by atoms with Crippen LogP contribution in [0.1, 0.15) is 52.9 Å². The van der Waals surface area contributed by atoms with Crippen LogP contribution >= 0.6 is 0 Å². The molecule has 0 aromatic rings. The maximum atomic E-state index is 12.8. The molecule has 302 valence electrons. The first-order valence-corrected chi connectivity index (χ1v) is 17.2. The second kappa shape index (κ2) is 19.9. The van der Waals surface area contributed by atoms with E-state index in [4.69, 9.17) is 28.4 Å². The van der Waals surface area contributed by atoms with Crippen molar-refractivity contribution in [3.63, 3.8) is 0 Å². The van der Waals surface area contributed by atoms with Gasteiger partial charge in [-0.15, -0.1) is 0 Å². The molecular formula is C31H54N2O19. The van der Waals surface area contributed by atoms with E-state index < -0.39 is 142 Å². The number of nitrogens with one attached hydrogen (secondary N) is 2. The molecule has 3 heterocycles. The van der Waals surface area contributed by atoms with Gasteiger partial charge in [-0.2, -0.15) is 0 Å². The van der Waals surface area contributed by atoms with E-state index >= 15 is 0 Å². The number of aliphatic carboxylic acids is 1. The monoisotopic (exact) mass is 758 g/mol. The Morgan fingerprint density at radius 3 is 2.00 bits per heavy atom. The maximum Gasteiger partial charge on any atom is 0.364 e. The van der Waals surface area contributed by atoms with Gasteiger partial charge in [-0.25, -0.2) is 4.79 Å². The van der Waals surface area contributed by atoms with Crippen molar-refractivity contribution in [1.29, 1.82) is 0 Å². The summed E-state index contributed by atoms with van der Waals surface area (Å²) >= 11 is 0. The van der Waals surface area contributed by atoms with E-state index in [0.717, 1.165) is 26.2 Å². The van der Waals surface area contributed by atoms with Crippen molar-refractivity contribution >= 4 is 17.8 Å². The van der Waals surface area contributed by atoms with E-state index in [9.17, 15) is 65.4 Å². The molecule has 16 atom stereocenters. The lowest BCUT2D eigenvalue weighted by atomic mass is 9.88. The van der Waals surface area contributed by atoms with Crippen molar-refractivity contribution in [2.24, 2.45) is 0 Å². The van der Waals surface area contributed by atoms with Gasteiger partial charge < -0.3 is 90.1 Å². The summed E-state index contributed by atoms with van der Waals surface area (Å²) in [6, 6.07) is -2.80. The molecule has 3 aliphatic rings. The molecule has 52 heavy (non-hydrogen) atoms. The summed E-state index contributed by atoms with van der Waals surface area (Å²) in [5, 5.41) is 110. The Balaban J connectivity index is 1.91. The van der Waals surface area contributed by atoms with Crippen molar-refractivity contribution in [2.45, 2.75) is 150 Å². The molecular weight excluding hydrogens is 704 g/mol. The van der Waals surface area contributed by atoms with Crippen molar-refractivity contribution < 1.29 is 93.9 Å². The van der Waals surface area contributed by atoms with Crippen LogP contribution in [-0.2, 0) is 42.8 Å². The lowest BCUT2D eigenvalue weighted by Gasteiger charge is -2.51. The van der Waals surface area contributed by atoms with Gasteiger partial charge >= 0.3 is 5.97 Å². The van der Waals surface area contributed by atoms with Crippen LogP contribution in [0.15, 0.2) is 0 Å². The topological polar surface area (TPSA) is 333 Å². The Bertz CT molecular complexity index is 1150. The number of amides is 2. The summed E-state index contributed by atoms with van der Waals surface area (Å²) in [4.78, 5) is 36.7. The average Bonchev–Trinajstić information content (AvgIpc) is 3.09. The van der Waals surface area contributed by atoms with Gasteiger partial charge in [0.1, 0.15) is 67.1 Å². The summed E-state index contributed by atoms with van der Waals surface area (Å²) in [5.74, 6) is -6.30. The minimum atomic E-state index is -3.02. The molecule has 0 unspecified atom stereocenters. The molecule has 0 aromatic heterocycles. The molecule has 12 N–H and O–H groups in total. The van der Waals surface area contributed by atoms with Gasteiger partial charge in [0.05, 0.1) is 32.0 Å². The van der Waals surface area contributed by atoms with Crippen molar-refractivity contribution in [2.75, 3.05) is 26.4 Å². The van der Waals surface area contributed by atoms with Crippen molar-refractivity contribution in [1.82, 2.24) is 10.6 Å².